The zero-order valence-electron chi connectivity index (χ0n) is 15.5. The molecule has 1 amide bonds. The van der Waals surface area contributed by atoms with Crippen molar-refractivity contribution >= 4 is 11.6 Å². The van der Waals surface area contributed by atoms with Crippen molar-refractivity contribution in [2.45, 2.75) is 25.3 Å². The largest absolute Gasteiger partial charge is 0.493 e. The van der Waals surface area contributed by atoms with Gasteiger partial charge in [-0.1, -0.05) is 18.2 Å². The number of anilines is 1. The number of amides is 1. The van der Waals surface area contributed by atoms with Crippen molar-refractivity contribution in [1.29, 1.82) is 0 Å². The van der Waals surface area contributed by atoms with Gasteiger partial charge >= 0.3 is 0 Å². The number of aryl methyl sites for hydroxylation is 1. The van der Waals surface area contributed by atoms with Gasteiger partial charge in [0.05, 0.1) is 13.2 Å². The van der Waals surface area contributed by atoms with E-state index in [1.807, 2.05) is 54.3 Å². The van der Waals surface area contributed by atoms with Crippen LogP contribution in [-0.4, -0.2) is 19.1 Å². The van der Waals surface area contributed by atoms with E-state index >= 15 is 0 Å². The first kappa shape index (κ1) is 15.8. The number of carbonyl (C=O) groups excluding carboxylic acids is 1. The molecule has 3 aliphatic heterocycles. The number of para-hydroxylation sites is 1. The van der Waals surface area contributed by atoms with Crippen molar-refractivity contribution in [2.75, 3.05) is 18.1 Å². The van der Waals surface area contributed by atoms with Gasteiger partial charge in [-0.2, -0.15) is 0 Å². The summed E-state index contributed by atoms with van der Waals surface area (Å²) in [5, 5.41) is 0. The third-order valence-corrected chi connectivity index (χ3v) is 6.07. The molecule has 3 aromatic rings. The lowest BCUT2D eigenvalue weighted by Crippen LogP contribution is -2.42. The van der Waals surface area contributed by atoms with Gasteiger partial charge in [-0.15, -0.1) is 0 Å². The highest BCUT2D eigenvalue weighted by Crippen LogP contribution is 2.54. The monoisotopic (exact) mass is 373 g/mol. The highest BCUT2D eigenvalue weighted by molar-refractivity contribution is 6.11. The van der Waals surface area contributed by atoms with Crippen molar-refractivity contribution in [2.24, 2.45) is 0 Å². The number of rotatable bonds is 2. The summed E-state index contributed by atoms with van der Waals surface area (Å²) < 4.78 is 17.5. The first-order chi connectivity index (χ1) is 13.7. The molecule has 1 spiro atoms. The molecule has 0 N–H and O–H groups in total. The minimum absolute atomic E-state index is 0.0420. The summed E-state index contributed by atoms with van der Waals surface area (Å²) in [5.41, 5.74) is 3.22. The Hall–Kier alpha value is -3.21. The van der Waals surface area contributed by atoms with Crippen molar-refractivity contribution in [3.8, 4) is 11.5 Å². The molecular formula is C23H19NO4. The van der Waals surface area contributed by atoms with Crippen LogP contribution in [0.4, 0.5) is 5.69 Å². The van der Waals surface area contributed by atoms with Crippen LogP contribution in [-0.2, 0) is 23.2 Å². The molecule has 1 unspecified atom stereocenters. The second kappa shape index (κ2) is 5.41. The third-order valence-electron chi connectivity index (χ3n) is 6.07. The van der Waals surface area contributed by atoms with E-state index in [-0.39, 0.29) is 5.91 Å². The fraction of sp³-hybridized carbons (Fsp3) is 0.261. The molecule has 2 aromatic carbocycles. The maximum absolute atomic E-state index is 13.8. The number of ether oxygens (including phenoxy) is 2. The van der Waals surface area contributed by atoms with Gasteiger partial charge in [0, 0.05) is 23.7 Å². The minimum Gasteiger partial charge on any atom is -0.493 e. The van der Waals surface area contributed by atoms with Gasteiger partial charge < -0.3 is 18.8 Å². The molecule has 4 heterocycles. The maximum atomic E-state index is 13.8. The van der Waals surface area contributed by atoms with Crippen LogP contribution >= 0.6 is 0 Å². The van der Waals surface area contributed by atoms with Gasteiger partial charge in [-0.3, -0.25) is 4.79 Å². The summed E-state index contributed by atoms with van der Waals surface area (Å²) in [7, 11) is 0. The van der Waals surface area contributed by atoms with Crippen LogP contribution in [0, 0.1) is 6.92 Å². The first-order valence-corrected chi connectivity index (χ1v) is 9.56. The highest BCUT2D eigenvalue weighted by Gasteiger charge is 2.57. The summed E-state index contributed by atoms with van der Waals surface area (Å²) in [4.78, 5) is 15.7. The Balaban J connectivity index is 1.51. The van der Waals surface area contributed by atoms with Gasteiger partial charge in [0.1, 0.15) is 35.0 Å². The average Bonchev–Trinajstić information content (AvgIpc) is 3.45. The summed E-state index contributed by atoms with van der Waals surface area (Å²) in [6.45, 7) is 3.32. The number of carbonyl (C=O) groups is 1. The van der Waals surface area contributed by atoms with Gasteiger partial charge in [-0.05, 0) is 42.3 Å². The predicted octanol–water partition coefficient (Wildman–Crippen LogP) is 3.75. The van der Waals surface area contributed by atoms with Crippen LogP contribution in [0.2, 0.25) is 0 Å². The average molecular weight is 373 g/mol. The molecule has 1 aromatic heterocycles. The molecule has 3 aliphatic rings. The van der Waals surface area contributed by atoms with Crippen molar-refractivity contribution in [3.63, 3.8) is 0 Å². The Bertz CT molecular complexity index is 1130. The van der Waals surface area contributed by atoms with E-state index in [4.69, 9.17) is 13.9 Å². The normalized spacial score (nSPS) is 21.5. The van der Waals surface area contributed by atoms with Gasteiger partial charge in [-0.25, -0.2) is 0 Å². The summed E-state index contributed by atoms with van der Waals surface area (Å²) in [6, 6.07) is 15.9. The smallest absolute Gasteiger partial charge is 0.246 e. The number of hydrogen-bond donors (Lipinski definition) is 0. The standard InChI is InChI=1S/C23H19NO4/c1-14-6-7-16(28-14)12-24-19-5-3-2-4-17(19)23(22(24)25)13-27-21-11-20-15(8-9-26-20)10-18(21)23/h2-7,10-11H,8-9,12-13H2,1H3. The fourth-order valence-corrected chi connectivity index (χ4v) is 4.73. The zero-order chi connectivity index (χ0) is 18.9. The molecule has 5 heteroatoms. The number of nitrogens with zero attached hydrogens (tertiary/aromatic N) is 1. The van der Waals surface area contributed by atoms with E-state index in [2.05, 4.69) is 6.07 Å². The Morgan fingerprint density at radius 1 is 1.04 bits per heavy atom. The molecule has 0 bridgehead atoms. The molecule has 0 aliphatic carbocycles. The number of furan rings is 1. The second-order valence-corrected chi connectivity index (χ2v) is 7.67. The van der Waals surface area contributed by atoms with Crippen LogP contribution in [0.25, 0.3) is 0 Å². The van der Waals surface area contributed by atoms with Gasteiger partial charge in [0.25, 0.3) is 0 Å². The molecule has 0 fully saturated rings. The molecule has 0 saturated heterocycles. The van der Waals surface area contributed by atoms with Crippen LogP contribution in [0.15, 0.2) is 52.9 Å². The van der Waals surface area contributed by atoms with E-state index in [0.717, 1.165) is 51.8 Å². The Kier molecular flexibility index (Phi) is 3.05. The number of fused-ring (bicyclic) bond motifs is 5. The van der Waals surface area contributed by atoms with Crippen LogP contribution in [0.5, 0.6) is 11.5 Å². The molecule has 6 rings (SSSR count). The van der Waals surface area contributed by atoms with Gasteiger partial charge in [0.15, 0.2) is 0 Å². The van der Waals surface area contributed by atoms with Crippen LogP contribution in [0.3, 0.4) is 0 Å². The fourth-order valence-electron chi connectivity index (χ4n) is 4.73. The lowest BCUT2D eigenvalue weighted by atomic mass is 9.76. The SMILES string of the molecule is Cc1ccc(CN2C(=O)C3(COc4cc5c(cc43)CCO5)c3ccccc32)o1. The lowest BCUT2D eigenvalue weighted by molar-refractivity contribution is -0.122. The summed E-state index contributed by atoms with van der Waals surface area (Å²) >= 11 is 0. The summed E-state index contributed by atoms with van der Waals surface area (Å²) in [5.74, 6) is 3.28. The highest BCUT2D eigenvalue weighted by atomic mass is 16.5. The van der Waals surface area contributed by atoms with E-state index in [1.165, 1.54) is 0 Å². The molecule has 140 valence electrons. The van der Waals surface area contributed by atoms with E-state index in [1.54, 1.807) is 0 Å². The quantitative estimate of drug-likeness (QED) is 0.687. The van der Waals surface area contributed by atoms with Crippen molar-refractivity contribution < 1.29 is 18.7 Å². The van der Waals surface area contributed by atoms with Crippen molar-refractivity contribution in [1.82, 2.24) is 0 Å². The van der Waals surface area contributed by atoms with E-state index < -0.39 is 5.41 Å². The zero-order valence-corrected chi connectivity index (χ0v) is 15.5. The molecule has 0 saturated carbocycles. The minimum atomic E-state index is -0.800. The van der Waals surface area contributed by atoms with Gasteiger partial charge in [0.2, 0.25) is 5.91 Å². The predicted molar refractivity (Wildman–Crippen MR) is 103 cm³/mol. The Morgan fingerprint density at radius 2 is 1.93 bits per heavy atom. The lowest BCUT2D eigenvalue weighted by Gasteiger charge is -2.23. The van der Waals surface area contributed by atoms with E-state index in [9.17, 15) is 4.79 Å². The number of hydrogen-bond acceptors (Lipinski definition) is 4. The first-order valence-electron chi connectivity index (χ1n) is 9.56. The topological polar surface area (TPSA) is 51.9 Å². The maximum Gasteiger partial charge on any atom is 0.246 e. The van der Waals surface area contributed by atoms with Crippen LogP contribution < -0.4 is 14.4 Å². The second-order valence-electron chi connectivity index (χ2n) is 7.67. The molecule has 5 nitrogen and oxygen atoms in total. The Labute approximate surface area is 162 Å². The molecule has 28 heavy (non-hydrogen) atoms. The van der Waals surface area contributed by atoms with E-state index in [0.29, 0.717) is 19.8 Å². The third kappa shape index (κ3) is 1.93. The van der Waals surface area contributed by atoms with Crippen LogP contribution in [0.1, 0.15) is 28.2 Å². The summed E-state index contributed by atoms with van der Waals surface area (Å²) in [6.07, 6.45) is 0.865. The molecular weight excluding hydrogens is 354 g/mol. The molecule has 0 radical (unpaired) electrons. The molecule has 1 atom stereocenters. The number of benzene rings is 2. The Morgan fingerprint density at radius 3 is 2.79 bits per heavy atom. The van der Waals surface area contributed by atoms with Crippen molar-refractivity contribution in [3.05, 3.63) is 76.7 Å².